The van der Waals surface area contributed by atoms with Gasteiger partial charge in [-0.3, -0.25) is 4.79 Å². The van der Waals surface area contributed by atoms with Crippen LogP contribution in [0.5, 0.6) is 0 Å². The van der Waals surface area contributed by atoms with E-state index in [0.717, 1.165) is 45.1 Å². The maximum absolute atomic E-state index is 12.7. The Kier molecular flexibility index (Phi) is 5.58. The molecule has 1 aliphatic heterocycles. The SMILES string of the molecule is CNC(=O)c1ccc(NC(=O)N2CCC[C@@H]2[C@@H]2CCCC[C@H]2O)cc1. The van der Waals surface area contributed by atoms with Crippen molar-refractivity contribution in [2.75, 3.05) is 18.9 Å². The number of urea groups is 1. The van der Waals surface area contributed by atoms with Gasteiger partial charge in [-0.15, -0.1) is 0 Å². The molecule has 0 unspecified atom stereocenters. The molecule has 2 fully saturated rings. The standard InChI is InChI=1S/C19H27N3O3/c1-20-18(24)13-8-10-14(11-9-13)21-19(25)22-12-4-6-16(22)15-5-2-3-7-17(15)23/h8-11,15-17,23H,2-7,12H2,1H3,(H,20,24)(H,21,25)/t15-,16+,17+/m0/s1. The Balaban J connectivity index is 1.64. The molecule has 25 heavy (non-hydrogen) atoms. The van der Waals surface area contributed by atoms with E-state index in [9.17, 15) is 14.7 Å². The van der Waals surface area contributed by atoms with Gasteiger partial charge in [-0.1, -0.05) is 12.8 Å². The average Bonchev–Trinajstić information content (AvgIpc) is 3.11. The van der Waals surface area contributed by atoms with Crippen molar-refractivity contribution in [2.45, 2.75) is 50.7 Å². The first-order valence-corrected chi connectivity index (χ1v) is 9.18. The van der Waals surface area contributed by atoms with Crippen LogP contribution >= 0.6 is 0 Å². The predicted octanol–water partition coefficient (Wildman–Crippen LogP) is 2.59. The van der Waals surface area contributed by atoms with Crippen LogP contribution in [0.1, 0.15) is 48.9 Å². The third-order valence-electron chi connectivity index (χ3n) is 5.46. The molecule has 1 heterocycles. The summed E-state index contributed by atoms with van der Waals surface area (Å²) in [5.74, 6) is 0.0430. The van der Waals surface area contributed by atoms with E-state index in [4.69, 9.17) is 0 Å². The summed E-state index contributed by atoms with van der Waals surface area (Å²) >= 11 is 0. The van der Waals surface area contributed by atoms with Crippen molar-refractivity contribution in [3.63, 3.8) is 0 Å². The number of likely N-dealkylation sites (tertiary alicyclic amines) is 1. The second-order valence-electron chi connectivity index (χ2n) is 7.01. The maximum Gasteiger partial charge on any atom is 0.322 e. The van der Waals surface area contributed by atoms with Crippen LogP contribution in [0.3, 0.4) is 0 Å². The molecule has 136 valence electrons. The molecule has 1 aliphatic carbocycles. The Morgan fingerprint density at radius 1 is 1.08 bits per heavy atom. The van der Waals surface area contributed by atoms with Crippen LogP contribution in [-0.4, -0.2) is 47.7 Å². The monoisotopic (exact) mass is 345 g/mol. The van der Waals surface area contributed by atoms with Gasteiger partial charge in [0.05, 0.1) is 6.10 Å². The van der Waals surface area contributed by atoms with Gasteiger partial charge < -0.3 is 20.6 Å². The lowest BCUT2D eigenvalue weighted by atomic mass is 9.80. The number of anilines is 1. The fraction of sp³-hybridized carbons (Fsp3) is 0.579. The molecule has 1 aromatic carbocycles. The van der Waals surface area contributed by atoms with Crippen LogP contribution in [0, 0.1) is 5.92 Å². The number of hydrogen-bond donors (Lipinski definition) is 3. The molecule has 2 aliphatic rings. The van der Waals surface area contributed by atoms with Crippen molar-refractivity contribution >= 4 is 17.6 Å². The third-order valence-corrected chi connectivity index (χ3v) is 5.46. The van der Waals surface area contributed by atoms with Crippen molar-refractivity contribution in [2.24, 2.45) is 5.92 Å². The molecule has 1 saturated heterocycles. The fourth-order valence-electron chi connectivity index (χ4n) is 4.12. The smallest absolute Gasteiger partial charge is 0.322 e. The molecule has 3 rings (SSSR count). The van der Waals surface area contributed by atoms with Gasteiger partial charge in [-0.25, -0.2) is 4.79 Å². The van der Waals surface area contributed by atoms with E-state index in [0.29, 0.717) is 11.3 Å². The highest BCUT2D eigenvalue weighted by Gasteiger charge is 2.39. The second kappa shape index (κ2) is 7.87. The average molecular weight is 345 g/mol. The number of aliphatic hydroxyl groups excluding tert-OH is 1. The lowest BCUT2D eigenvalue weighted by Crippen LogP contribution is -2.46. The summed E-state index contributed by atoms with van der Waals surface area (Å²) in [6.07, 6.45) is 5.71. The van der Waals surface area contributed by atoms with Crippen LogP contribution < -0.4 is 10.6 Å². The molecule has 0 radical (unpaired) electrons. The van der Waals surface area contributed by atoms with Crippen molar-refractivity contribution in [3.05, 3.63) is 29.8 Å². The van der Waals surface area contributed by atoms with E-state index in [2.05, 4.69) is 10.6 Å². The molecule has 0 bridgehead atoms. The maximum atomic E-state index is 12.7. The molecule has 0 spiro atoms. The van der Waals surface area contributed by atoms with E-state index in [1.807, 2.05) is 4.90 Å². The highest BCUT2D eigenvalue weighted by Crippen LogP contribution is 2.34. The van der Waals surface area contributed by atoms with Gasteiger partial charge in [0.1, 0.15) is 0 Å². The van der Waals surface area contributed by atoms with E-state index >= 15 is 0 Å². The van der Waals surface area contributed by atoms with E-state index < -0.39 is 0 Å². The highest BCUT2D eigenvalue weighted by molar-refractivity contribution is 5.95. The number of carbonyl (C=O) groups is 2. The predicted molar refractivity (Wildman–Crippen MR) is 96.5 cm³/mol. The number of nitrogens with one attached hydrogen (secondary N) is 2. The first-order chi connectivity index (χ1) is 12.1. The lowest BCUT2D eigenvalue weighted by molar-refractivity contribution is 0.0320. The van der Waals surface area contributed by atoms with Crippen LogP contribution in [0.15, 0.2) is 24.3 Å². The molecular formula is C19H27N3O3. The van der Waals surface area contributed by atoms with E-state index in [1.165, 1.54) is 0 Å². The molecule has 3 atom stereocenters. The largest absolute Gasteiger partial charge is 0.393 e. The Labute approximate surface area is 148 Å². The third kappa shape index (κ3) is 3.95. The Morgan fingerprint density at radius 2 is 1.80 bits per heavy atom. The molecular weight excluding hydrogens is 318 g/mol. The van der Waals surface area contributed by atoms with Gasteiger partial charge in [0, 0.05) is 36.8 Å². The van der Waals surface area contributed by atoms with Crippen molar-refractivity contribution in [1.82, 2.24) is 10.2 Å². The minimum absolute atomic E-state index is 0.118. The number of carbonyl (C=O) groups excluding carboxylic acids is 2. The quantitative estimate of drug-likeness (QED) is 0.787. The number of amides is 3. The zero-order chi connectivity index (χ0) is 17.8. The normalized spacial score (nSPS) is 26.3. The van der Waals surface area contributed by atoms with Crippen molar-refractivity contribution < 1.29 is 14.7 Å². The van der Waals surface area contributed by atoms with E-state index in [-0.39, 0.29) is 30.0 Å². The van der Waals surface area contributed by atoms with Crippen LogP contribution in [-0.2, 0) is 0 Å². The summed E-state index contributed by atoms with van der Waals surface area (Å²) in [5.41, 5.74) is 1.23. The number of aliphatic hydroxyl groups is 1. The minimum atomic E-state index is -0.293. The summed E-state index contributed by atoms with van der Waals surface area (Å²) < 4.78 is 0. The molecule has 3 N–H and O–H groups in total. The number of nitrogens with zero attached hydrogens (tertiary/aromatic N) is 1. The molecule has 6 nitrogen and oxygen atoms in total. The molecule has 3 amide bonds. The molecule has 1 saturated carbocycles. The number of rotatable bonds is 3. The summed E-state index contributed by atoms with van der Waals surface area (Å²) in [6, 6.07) is 6.88. The van der Waals surface area contributed by atoms with Crippen molar-refractivity contribution in [1.29, 1.82) is 0 Å². The topological polar surface area (TPSA) is 81.7 Å². The number of benzene rings is 1. The van der Waals surface area contributed by atoms with Crippen LogP contribution in [0.25, 0.3) is 0 Å². The first-order valence-electron chi connectivity index (χ1n) is 9.18. The summed E-state index contributed by atoms with van der Waals surface area (Å²) in [6.45, 7) is 0.732. The zero-order valence-electron chi connectivity index (χ0n) is 14.7. The van der Waals surface area contributed by atoms with Gasteiger partial charge in [0.2, 0.25) is 0 Å². The van der Waals surface area contributed by atoms with Crippen LogP contribution in [0.2, 0.25) is 0 Å². The number of hydrogen-bond acceptors (Lipinski definition) is 3. The Bertz CT molecular complexity index is 617. The van der Waals surface area contributed by atoms with Gasteiger partial charge in [0.25, 0.3) is 5.91 Å². The molecule has 0 aromatic heterocycles. The van der Waals surface area contributed by atoms with Crippen LogP contribution in [0.4, 0.5) is 10.5 Å². The van der Waals surface area contributed by atoms with Gasteiger partial charge in [-0.05, 0) is 49.9 Å². The second-order valence-corrected chi connectivity index (χ2v) is 7.01. The van der Waals surface area contributed by atoms with E-state index in [1.54, 1.807) is 31.3 Å². The van der Waals surface area contributed by atoms with Gasteiger partial charge in [-0.2, -0.15) is 0 Å². The lowest BCUT2D eigenvalue weighted by Gasteiger charge is -2.37. The minimum Gasteiger partial charge on any atom is -0.393 e. The zero-order valence-corrected chi connectivity index (χ0v) is 14.7. The Morgan fingerprint density at radius 3 is 2.48 bits per heavy atom. The van der Waals surface area contributed by atoms with Crippen molar-refractivity contribution in [3.8, 4) is 0 Å². The molecule has 1 aromatic rings. The fourth-order valence-corrected chi connectivity index (χ4v) is 4.12. The van der Waals surface area contributed by atoms with Gasteiger partial charge in [0.15, 0.2) is 0 Å². The van der Waals surface area contributed by atoms with Gasteiger partial charge >= 0.3 is 6.03 Å². The summed E-state index contributed by atoms with van der Waals surface area (Å²) in [7, 11) is 1.59. The molecule has 6 heteroatoms. The Hall–Kier alpha value is -2.08. The summed E-state index contributed by atoms with van der Waals surface area (Å²) in [5, 5.41) is 15.8. The first kappa shape index (κ1) is 17.7. The highest BCUT2D eigenvalue weighted by atomic mass is 16.3. The summed E-state index contributed by atoms with van der Waals surface area (Å²) in [4.78, 5) is 26.2.